The maximum Gasteiger partial charge on any atom is 0.219 e. The highest BCUT2D eigenvalue weighted by Gasteiger charge is 2.08. The van der Waals surface area contributed by atoms with Crippen LogP contribution in [0.1, 0.15) is 18.0 Å². The van der Waals surface area contributed by atoms with Gasteiger partial charge in [-0.2, -0.15) is 0 Å². The van der Waals surface area contributed by atoms with Gasteiger partial charge >= 0.3 is 0 Å². The summed E-state index contributed by atoms with van der Waals surface area (Å²) in [7, 11) is 0. The predicted octanol–water partition coefficient (Wildman–Crippen LogP) is 1.32. The summed E-state index contributed by atoms with van der Waals surface area (Å²) in [6.07, 6.45) is 0.182. The highest BCUT2D eigenvalue weighted by molar-refractivity contribution is 9.10. The maximum atomic E-state index is 10.6. The summed E-state index contributed by atoms with van der Waals surface area (Å²) >= 11 is 3.31. The first-order valence-corrected chi connectivity index (χ1v) is 4.68. The molecule has 1 aromatic rings. The zero-order chi connectivity index (χ0) is 9.84. The van der Waals surface area contributed by atoms with E-state index >= 15 is 0 Å². The van der Waals surface area contributed by atoms with Gasteiger partial charge in [-0.1, -0.05) is 28.1 Å². The minimum atomic E-state index is -0.379. The molecule has 0 saturated carbocycles. The Morgan fingerprint density at radius 2 is 1.92 bits per heavy atom. The monoisotopic (exact) mass is 242 g/mol. The van der Waals surface area contributed by atoms with Gasteiger partial charge in [0.15, 0.2) is 0 Å². The van der Waals surface area contributed by atoms with Crippen molar-refractivity contribution in [3.63, 3.8) is 0 Å². The van der Waals surface area contributed by atoms with Crippen LogP contribution in [0.5, 0.6) is 0 Å². The third-order valence-corrected chi connectivity index (χ3v) is 2.25. The highest BCUT2D eigenvalue weighted by atomic mass is 79.9. The zero-order valence-corrected chi connectivity index (χ0v) is 8.62. The molecular weight excluding hydrogens is 232 g/mol. The van der Waals surface area contributed by atoms with E-state index in [0.29, 0.717) is 0 Å². The molecule has 1 amide bonds. The van der Waals surface area contributed by atoms with Crippen LogP contribution in [0.4, 0.5) is 0 Å². The van der Waals surface area contributed by atoms with Crippen molar-refractivity contribution in [1.82, 2.24) is 0 Å². The van der Waals surface area contributed by atoms with Crippen LogP contribution in [-0.4, -0.2) is 5.91 Å². The topological polar surface area (TPSA) is 69.1 Å². The van der Waals surface area contributed by atoms with Crippen molar-refractivity contribution in [3.8, 4) is 0 Å². The van der Waals surface area contributed by atoms with Gasteiger partial charge in [0.05, 0.1) is 0 Å². The number of primary amides is 1. The highest BCUT2D eigenvalue weighted by Crippen LogP contribution is 2.16. The van der Waals surface area contributed by atoms with Gasteiger partial charge in [0.2, 0.25) is 5.91 Å². The molecule has 0 unspecified atom stereocenters. The standard InChI is InChI=1S/C9H11BrN2O/c10-7-3-1-6(2-4-7)8(11)5-9(12)13/h1-4,8H,5,11H2,(H2,12,13)/t8-/m1/s1. The molecule has 1 atom stereocenters. The lowest BCUT2D eigenvalue weighted by Gasteiger charge is -2.09. The van der Waals surface area contributed by atoms with Gasteiger partial charge in [-0.15, -0.1) is 0 Å². The summed E-state index contributed by atoms with van der Waals surface area (Å²) in [5, 5.41) is 0. The minimum Gasteiger partial charge on any atom is -0.370 e. The summed E-state index contributed by atoms with van der Waals surface area (Å²) in [6.45, 7) is 0. The molecule has 0 spiro atoms. The molecule has 0 saturated heterocycles. The number of benzene rings is 1. The predicted molar refractivity (Wildman–Crippen MR) is 54.9 cm³/mol. The van der Waals surface area contributed by atoms with E-state index in [1.165, 1.54) is 0 Å². The van der Waals surface area contributed by atoms with E-state index in [0.717, 1.165) is 10.0 Å². The van der Waals surface area contributed by atoms with Crippen LogP contribution in [0, 0.1) is 0 Å². The third-order valence-electron chi connectivity index (χ3n) is 1.72. The van der Waals surface area contributed by atoms with Crippen molar-refractivity contribution in [2.24, 2.45) is 11.5 Å². The van der Waals surface area contributed by atoms with E-state index in [9.17, 15) is 4.79 Å². The van der Waals surface area contributed by atoms with E-state index in [-0.39, 0.29) is 18.4 Å². The van der Waals surface area contributed by atoms with Crippen LogP contribution in [-0.2, 0) is 4.79 Å². The van der Waals surface area contributed by atoms with Crippen LogP contribution in [0.2, 0.25) is 0 Å². The Bertz CT molecular complexity index is 297. The number of hydrogen-bond acceptors (Lipinski definition) is 2. The lowest BCUT2D eigenvalue weighted by molar-refractivity contribution is -0.118. The first kappa shape index (κ1) is 10.2. The summed E-state index contributed by atoms with van der Waals surface area (Å²) in [5.41, 5.74) is 11.7. The molecule has 1 rings (SSSR count). The van der Waals surface area contributed by atoms with Crippen LogP contribution in [0.3, 0.4) is 0 Å². The third kappa shape index (κ3) is 3.16. The molecule has 0 bridgehead atoms. The SMILES string of the molecule is NC(=O)C[C@@H](N)c1ccc(Br)cc1. The summed E-state index contributed by atoms with van der Waals surface area (Å²) in [5.74, 6) is -0.379. The number of carbonyl (C=O) groups excluding carboxylic acids is 1. The van der Waals surface area contributed by atoms with Gasteiger partial charge in [-0.3, -0.25) is 4.79 Å². The van der Waals surface area contributed by atoms with E-state index in [4.69, 9.17) is 11.5 Å². The second-order valence-electron chi connectivity index (χ2n) is 2.83. The Hall–Kier alpha value is -0.870. The molecule has 0 aliphatic rings. The molecular formula is C9H11BrN2O. The number of rotatable bonds is 3. The number of amides is 1. The summed E-state index contributed by atoms with van der Waals surface area (Å²) in [4.78, 5) is 10.6. The van der Waals surface area contributed by atoms with Crippen molar-refractivity contribution in [2.75, 3.05) is 0 Å². The summed E-state index contributed by atoms with van der Waals surface area (Å²) in [6, 6.07) is 7.22. The Kier molecular flexibility index (Phi) is 3.45. The molecule has 0 aliphatic heterocycles. The van der Waals surface area contributed by atoms with E-state index in [1.807, 2.05) is 24.3 Å². The van der Waals surface area contributed by atoms with Crippen molar-refractivity contribution in [1.29, 1.82) is 0 Å². The maximum absolute atomic E-state index is 10.6. The van der Waals surface area contributed by atoms with Crippen LogP contribution in [0.15, 0.2) is 28.7 Å². The lowest BCUT2D eigenvalue weighted by atomic mass is 10.1. The largest absolute Gasteiger partial charge is 0.370 e. The van der Waals surface area contributed by atoms with E-state index in [2.05, 4.69) is 15.9 Å². The van der Waals surface area contributed by atoms with E-state index in [1.54, 1.807) is 0 Å². The zero-order valence-electron chi connectivity index (χ0n) is 7.03. The first-order valence-electron chi connectivity index (χ1n) is 3.89. The summed E-state index contributed by atoms with van der Waals surface area (Å²) < 4.78 is 0.988. The molecule has 0 heterocycles. The number of halogens is 1. The Balaban J connectivity index is 2.71. The minimum absolute atomic E-state index is 0.182. The van der Waals surface area contributed by atoms with Crippen molar-refractivity contribution in [2.45, 2.75) is 12.5 Å². The number of carbonyl (C=O) groups is 1. The molecule has 0 fully saturated rings. The first-order chi connectivity index (χ1) is 6.09. The van der Waals surface area contributed by atoms with Crippen molar-refractivity contribution >= 4 is 21.8 Å². The average molecular weight is 243 g/mol. The van der Waals surface area contributed by atoms with Crippen LogP contribution < -0.4 is 11.5 Å². The molecule has 0 radical (unpaired) electrons. The molecule has 0 aliphatic carbocycles. The van der Waals surface area contributed by atoms with Gasteiger partial charge < -0.3 is 11.5 Å². The Labute approximate surface area is 85.2 Å². The fourth-order valence-electron chi connectivity index (χ4n) is 1.04. The average Bonchev–Trinajstić information content (AvgIpc) is 2.04. The molecule has 0 aromatic heterocycles. The van der Waals surface area contributed by atoms with Crippen LogP contribution in [0.25, 0.3) is 0 Å². The van der Waals surface area contributed by atoms with Gasteiger partial charge in [-0.25, -0.2) is 0 Å². The number of hydrogen-bond donors (Lipinski definition) is 2. The Morgan fingerprint density at radius 3 is 2.38 bits per heavy atom. The van der Waals surface area contributed by atoms with Crippen molar-refractivity contribution < 1.29 is 4.79 Å². The Morgan fingerprint density at radius 1 is 1.38 bits per heavy atom. The number of nitrogens with two attached hydrogens (primary N) is 2. The van der Waals surface area contributed by atoms with Crippen LogP contribution >= 0.6 is 15.9 Å². The fourth-order valence-corrected chi connectivity index (χ4v) is 1.31. The second-order valence-corrected chi connectivity index (χ2v) is 3.74. The van der Waals surface area contributed by atoms with Gasteiger partial charge in [0.1, 0.15) is 0 Å². The van der Waals surface area contributed by atoms with E-state index < -0.39 is 0 Å². The molecule has 4 heteroatoms. The molecule has 13 heavy (non-hydrogen) atoms. The van der Waals surface area contributed by atoms with Gasteiger partial charge in [0.25, 0.3) is 0 Å². The van der Waals surface area contributed by atoms with Gasteiger partial charge in [0, 0.05) is 16.9 Å². The quantitative estimate of drug-likeness (QED) is 0.840. The normalized spacial score (nSPS) is 12.5. The smallest absolute Gasteiger partial charge is 0.219 e. The molecule has 4 N–H and O–H groups in total. The molecule has 3 nitrogen and oxygen atoms in total. The molecule has 70 valence electrons. The van der Waals surface area contributed by atoms with Crippen molar-refractivity contribution in [3.05, 3.63) is 34.3 Å². The second kappa shape index (κ2) is 4.39. The van der Waals surface area contributed by atoms with Gasteiger partial charge in [-0.05, 0) is 17.7 Å². The lowest BCUT2D eigenvalue weighted by Crippen LogP contribution is -2.20. The molecule has 1 aromatic carbocycles. The fraction of sp³-hybridized carbons (Fsp3) is 0.222.